The molecular formula is C26H29NO4S. The van der Waals surface area contributed by atoms with Crippen molar-refractivity contribution in [2.75, 3.05) is 7.11 Å². The van der Waals surface area contributed by atoms with Crippen LogP contribution in [0.1, 0.15) is 37.0 Å². The summed E-state index contributed by atoms with van der Waals surface area (Å²) in [4.78, 5) is 3.06. The van der Waals surface area contributed by atoms with Crippen molar-refractivity contribution in [2.45, 2.75) is 55.1 Å². The molecule has 0 saturated carbocycles. The maximum Gasteiger partial charge on any atom is 0.206 e. The minimum Gasteiger partial charge on any atom is -0.504 e. The summed E-state index contributed by atoms with van der Waals surface area (Å²) in [7, 11) is -1.97. The number of hydrogen-bond donors (Lipinski definition) is 1. The first-order valence-corrected chi connectivity index (χ1v) is 12.2. The number of sulfone groups is 1. The number of nitrogens with zero attached hydrogens (tertiary/aromatic N) is 1. The summed E-state index contributed by atoms with van der Waals surface area (Å²) < 4.78 is 31.2. The van der Waals surface area contributed by atoms with Gasteiger partial charge in [-0.2, -0.15) is 0 Å². The van der Waals surface area contributed by atoms with E-state index in [-0.39, 0.29) is 11.3 Å². The van der Waals surface area contributed by atoms with Crippen molar-refractivity contribution in [3.8, 4) is 11.5 Å². The Labute approximate surface area is 190 Å². The van der Waals surface area contributed by atoms with E-state index >= 15 is 0 Å². The molecule has 0 unspecified atom stereocenters. The highest BCUT2D eigenvalue weighted by atomic mass is 32.2. The molecule has 0 aliphatic carbocycles. The summed E-state index contributed by atoms with van der Waals surface area (Å²) in [6.07, 6.45) is 1.77. The third-order valence-corrected chi connectivity index (χ3v) is 8.16. The van der Waals surface area contributed by atoms with Gasteiger partial charge in [-0.15, -0.1) is 0 Å². The van der Waals surface area contributed by atoms with Gasteiger partial charge in [0, 0.05) is 18.6 Å². The van der Waals surface area contributed by atoms with Gasteiger partial charge in [-0.25, -0.2) is 8.42 Å². The average molecular weight is 452 g/mol. The van der Waals surface area contributed by atoms with Gasteiger partial charge in [-0.05, 0) is 79.8 Å². The van der Waals surface area contributed by atoms with Crippen LogP contribution in [0, 0.1) is 0 Å². The summed E-state index contributed by atoms with van der Waals surface area (Å²) >= 11 is 0. The number of aromatic hydroxyl groups is 1. The topological polar surface area (TPSA) is 66.8 Å². The molecule has 0 bridgehead atoms. The molecule has 168 valence electrons. The molecule has 1 aliphatic heterocycles. The summed E-state index contributed by atoms with van der Waals surface area (Å²) in [6.45, 7) is 5.96. The highest BCUT2D eigenvalue weighted by Gasteiger charge is 2.32. The lowest BCUT2D eigenvalue weighted by atomic mass is 9.93. The number of ether oxygens (including phenoxy) is 1. The molecule has 0 atom stereocenters. The molecule has 0 fully saturated rings. The Bertz CT molecular complexity index is 1220. The number of methoxy groups -OCH3 is 1. The van der Waals surface area contributed by atoms with Crippen LogP contribution in [0.4, 0.5) is 0 Å². The molecule has 0 aromatic heterocycles. The molecule has 4 rings (SSSR count). The summed E-state index contributed by atoms with van der Waals surface area (Å²) in [5, 5.41) is 9.81. The van der Waals surface area contributed by atoms with Gasteiger partial charge in [-0.3, -0.25) is 4.90 Å². The van der Waals surface area contributed by atoms with Gasteiger partial charge in [0.1, 0.15) is 0 Å². The van der Waals surface area contributed by atoms with Crippen LogP contribution in [-0.4, -0.2) is 31.1 Å². The summed E-state index contributed by atoms with van der Waals surface area (Å²) in [6, 6.07) is 19.6. The third-order valence-electron chi connectivity index (χ3n) is 6.39. The van der Waals surface area contributed by atoms with E-state index in [0.717, 1.165) is 37.1 Å². The van der Waals surface area contributed by atoms with Crippen molar-refractivity contribution in [1.82, 2.24) is 4.90 Å². The van der Waals surface area contributed by atoms with Crippen LogP contribution in [0.3, 0.4) is 0 Å². The fraction of sp³-hybridized carbons (Fsp3) is 0.308. The smallest absolute Gasteiger partial charge is 0.206 e. The maximum atomic E-state index is 13.0. The third kappa shape index (κ3) is 4.38. The minimum absolute atomic E-state index is 0.0807. The SMILES string of the molecule is COc1cc(CCC(C)(C)N2Cc3ccc(S(=O)(=O)c4ccccc4)cc3C2)ccc1O. The number of hydrogen-bond acceptors (Lipinski definition) is 5. The zero-order valence-corrected chi connectivity index (χ0v) is 19.5. The van der Waals surface area contributed by atoms with Gasteiger partial charge in [0.05, 0.1) is 16.9 Å². The minimum atomic E-state index is -3.52. The Morgan fingerprint density at radius 2 is 1.66 bits per heavy atom. The molecule has 0 spiro atoms. The van der Waals surface area contributed by atoms with Gasteiger partial charge < -0.3 is 9.84 Å². The molecule has 0 radical (unpaired) electrons. The molecule has 3 aromatic carbocycles. The van der Waals surface area contributed by atoms with Crippen molar-refractivity contribution >= 4 is 9.84 Å². The van der Waals surface area contributed by atoms with Crippen LogP contribution >= 0.6 is 0 Å². The lowest BCUT2D eigenvalue weighted by molar-refractivity contribution is 0.109. The lowest BCUT2D eigenvalue weighted by Crippen LogP contribution is -2.40. The Morgan fingerprint density at radius 1 is 0.938 bits per heavy atom. The zero-order valence-electron chi connectivity index (χ0n) is 18.7. The van der Waals surface area contributed by atoms with Gasteiger partial charge >= 0.3 is 0 Å². The van der Waals surface area contributed by atoms with Crippen molar-refractivity contribution in [3.63, 3.8) is 0 Å². The van der Waals surface area contributed by atoms with Gasteiger partial charge in [0.25, 0.3) is 0 Å². The molecule has 0 saturated heterocycles. The van der Waals surface area contributed by atoms with Crippen molar-refractivity contribution in [2.24, 2.45) is 0 Å². The van der Waals surface area contributed by atoms with Crippen molar-refractivity contribution in [3.05, 3.63) is 83.4 Å². The largest absolute Gasteiger partial charge is 0.504 e. The second-order valence-electron chi connectivity index (χ2n) is 8.92. The molecule has 5 nitrogen and oxygen atoms in total. The van der Waals surface area contributed by atoms with Crippen LogP contribution in [0.15, 0.2) is 76.5 Å². The molecule has 32 heavy (non-hydrogen) atoms. The van der Waals surface area contributed by atoms with E-state index < -0.39 is 9.84 Å². The predicted molar refractivity (Wildman–Crippen MR) is 125 cm³/mol. The quantitative estimate of drug-likeness (QED) is 0.550. The Hall–Kier alpha value is -2.83. The first-order chi connectivity index (χ1) is 15.2. The van der Waals surface area contributed by atoms with E-state index in [4.69, 9.17) is 4.74 Å². The fourth-order valence-electron chi connectivity index (χ4n) is 4.19. The number of benzene rings is 3. The van der Waals surface area contributed by atoms with E-state index in [2.05, 4.69) is 18.7 Å². The number of fused-ring (bicyclic) bond motifs is 1. The Balaban J connectivity index is 1.48. The average Bonchev–Trinajstić information content (AvgIpc) is 3.24. The first-order valence-electron chi connectivity index (χ1n) is 10.7. The predicted octanol–water partition coefficient (Wildman–Crippen LogP) is 4.96. The van der Waals surface area contributed by atoms with Crippen LogP contribution in [0.2, 0.25) is 0 Å². The van der Waals surface area contributed by atoms with E-state index in [0.29, 0.717) is 15.5 Å². The van der Waals surface area contributed by atoms with Crippen LogP contribution in [0.5, 0.6) is 11.5 Å². The van der Waals surface area contributed by atoms with Crippen LogP contribution in [-0.2, 0) is 29.3 Å². The monoisotopic (exact) mass is 451 g/mol. The van der Waals surface area contributed by atoms with E-state index in [1.807, 2.05) is 30.3 Å². The highest BCUT2D eigenvalue weighted by molar-refractivity contribution is 7.91. The highest BCUT2D eigenvalue weighted by Crippen LogP contribution is 2.35. The second-order valence-corrected chi connectivity index (χ2v) is 10.9. The van der Waals surface area contributed by atoms with E-state index in [1.165, 1.54) is 5.56 Å². The molecule has 1 N–H and O–H groups in total. The molecule has 3 aromatic rings. The molecule has 0 amide bonds. The zero-order chi connectivity index (χ0) is 22.9. The van der Waals surface area contributed by atoms with Crippen LogP contribution in [0.25, 0.3) is 0 Å². The molecule has 1 heterocycles. The van der Waals surface area contributed by atoms with E-state index in [9.17, 15) is 13.5 Å². The molecule has 1 aliphatic rings. The van der Waals surface area contributed by atoms with E-state index in [1.54, 1.807) is 43.5 Å². The summed E-state index contributed by atoms with van der Waals surface area (Å²) in [5.41, 5.74) is 3.28. The second kappa shape index (κ2) is 8.60. The maximum absolute atomic E-state index is 13.0. The fourth-order valence-corrected chi connectivity index (χ4v) is 5.52. The summed E-state index contributed by atoms with van der Waals surface area (Å²) in [5.74, 6) is 0.632. The number of aryl methyl sites for hydroxylation is 1. The number of phenolic OH excluding ortho intramolecular Hbond substituents is 1. The molecular weight excluding hydrogens is 422 g/mol. The van der Waals surface area contributed by atoms with Crippen molar-refractivity contribution < 1.29 is 18.3 Å². The number of rotatable bonds is 7. The first kappa shape index (κ1) is 22.4. The van der Waals surface area contributed by atoms with Gasteiger partial charge in [0.15, 0.2) is 11.5 Å². The standard InChI is InChI=1S/C26H29NO4S/c1-26(2,14-13-19-9-12-24(28)25(15-19)31-3)27-17-20-10-11-23(16-21(20)18-27)32(29,30)22-7-5-4-6-8-22/h4-12,15-16,28H,13-14,17-18H2,1-3H3. The van der Waals surface area contributed by atoms with Crippen molar-refractivity contribution in [1.29, 1.82) is 0 Å². The normalized spacial score (nSPS) is 14.3. The van der Waals surface area contributed by atoms with Gasteiger partial charge in [0.2, 0.25) is 9.84 Å². The Morgan fingerprint density at radius 3 is 2.38 bits per heavy atom. The lowest BCUT2D eigenvalue weighted by Gasteiger charge is -2.35. The molecule has 6 heteroatoms. The Kier molecular flexibility index (Phi) is 6.01. The van der Waals surface area contributed by atoms with Gasteiger partial charge in [-0.1, -0.05) is 30.3 Å². The number of phenols is 1. The van der Waals surface area contributed by atoms with Crippen LogP contribution < -0.4 is 4.74 Å².